The Morgan fingerprint density at radius 3 is 2.06 bits per heavy atom. The van der Waals surface area contributed by atoms with Gasteiger partial charge in [0.25, 0.3) is 0 Å². The molecule has 0 unspecified atom stereocenters. The van der Waals surface area contributed by atoms with E-state index in [4.69, 9.17) is 0 Å². The normalized spacial score (nSPS) is 31.3. The highest BCUT2D eigenvalue weighted by Crippen LogP contribution is 2.60. The van der Waals surface area contributed by atoms with Crippen LogP contribution in [-0.2, 0) is 0 Å². The van der Waals surface area contributed by atoms with Crippen LogP contribution in [0.5, 0.6) is 0 Å². The Labute approximate surface area is 196 Å². The second-order valence-corrected chi connectivity index (χ2v) is 10.6. The van der Waals surface area contributed by atoms with Gasteiger partial charge in [-0.25, -0.2) is 0 Å². The number of halogens is 6. The van der Waals surface area contributed by atoms with Gasteiger partial charge in [0.1, 0.15) is 0 Å². The summed E-state index contributed by atoms with van der Waals surface area (Å²) in [5.41, 5.74) is -4.83. The van der Waals surface area contributed by atoms with Crippen molar-refractivity contribution >= 4 is 0 Å². The third-order valence-corrected chi connectivity index (χ3v) is 8.17. The predicted octanol–water partition coefficient (Wildman–Crippen LogP) is 5.70. The van der Waals surface area contributed by atoms with Crippen molar-refractivity contribution in [2.45, 2.75) is 96.4 Å². The van der Waals surface area contributed by atoms with E-state index in [2.05, 4.69) is 0 Å². The Morgan fingerprint density at radius 2 is 1.56 bits per heavy atom. The van der Waals surface area contributed by atoms with Crippen LogP contribution in [0.3, 0.4) is 0 Å². The van der Waals surface area contributed by atoms with Crippen molar-refractivity contribution in [2.24, 2.45) is 22.7 Å². The molecule has 0 heterocycles. The molecule has 2 aliphatic rings. The molecule has 0 aromatic heterocycles. The summed E-state index contributed by atoms with van der Waals surface area (Å²) < 4.78 is 77.2. The molecule has 3 N–H and O–H groups in total. The van der Waals surface area contributed by atoms with Gasteiger partial charge >= 0.3 is 18.0 Å². The van der Waals surface area contributed by atoms with Crippen LogP contribution in [-0.4, -0.2) is 45.5 Å². The number of aliphatic hydroxyl groups excluding tert-OH is 2. The lowest BCUT2D eigenvalue weighted by molar-refractivity contribution is -0.343. The van der Waals surface area contributed by atoms with E-state index in [1.54, 1.807) is 6.92 Å². The van der Waals surface area contributed by atoms with Gasteiger partial charge in [-0.05, 0) is 60.7 Å². The van der Waals surface area contributed by atoms with Gasteiger partial charge in [-0.2, -0.15) is 26.3 Å². The SMILES string of the molecule is C[C@H](CC#CC(O)(C(F)(F)F)C(F)(F)F)[C@@]1(C)CC[C@@H](C=CC=C2C[C@@H](O)C[C@H](O)C2)C1(C)C. The Kier molecular flexibility index (Phi) is 8.34. The number of allylic oxidation sites excluding steroid dienone is 3. The van der Waals surface area contributed by atoms with Gasteiger partial charge in [-0.15, -0.1) is 0 Å². The van der Waals surface area contributed by atoms with Crippen molar-refractivity contribution < 1.29 is 41.7 Å². The molecule has 0 saturated heterocycles. The van der Waals surface area contributed by atoms with E-state index in [1.165, 1.54) is 0 Å². The summed E-state index contributed by atoms with van der Waals surface area (Å²) in [6, 6.07) is 0. The fraction of sp³-hybridized carbons (Fsp3) is 0.760. The third kappa shape index (κ3) is 5.66. The molecule has 2 rings (SSSR count). The molecule has 2 aliphatic carbocycles. The fourth-order valence-electron chi connectivity index (χ4n) is 5.27. The van der Waals surface area contributed by atoms with Crippen LogP contribution in [0.15, 0.2) is 23.8 Å². The van der Waals surface area contributed by atoms with E-state index in [9.17, 15) is 41.7 Å². The number of hydrogen-bond donors (Lipinski definition) is 3. The van der Waals surface area contributed by atoms with Crippen LogP contribution in [0.2, 0.25) is 0 Å². The highest BCUT2D eigenvalue weighted by molar-refractivity contribution is 5.22. The Balaban J connectivity index is 2.14. The zero-order chi connectivity index (χ0) is 26.2. The molecule has 0 spiro atoms. The van der Waals surface area contributed by atoms with E-state index in [0.29, 0.717) is 25.7 Å². The van der Waals surface area contributed by atoms with Crippen LogP contribution in [0, 0.1) is 34.5 Å². The molecule has 0 radical (unpaired) electrons. The minimum Gasteiger partial charge on any atom is -0.393 e. The first-order valence-electron chi connectivity index (χ1n) is 11.4. The standard InChI is InChI=1S/C25H34F6O3/c1-16(7-6-11-23(34,24(26,27)28)25(29,30)31)22(4)12-10-18(21(22,2)3)9-5-8-17-13-19(32)15-20(33)14-17/h5,8-9,16,18-20,32-34H,7,10,12-15H2,1-4H3/t16-,18-,19-,20-,22-/m1/s1. The first-order chi connectivity index (χ1) is 15.3. The predicted molar refractivity (Wildman–Crippen MR) is 116 cm³/mol. The Hall–Kier alpha value is -1.50. The molecule has 9 heteroatoms. The third-order valence-electron chi connectivity index (χ3n) is 8.17. The molecular formula is C25H34F6O3. The minimum absolute atomic E-state index is 0.116. The van der Waals surface area contributed by atoms with E-state index in [1.807, 2.05) is 44.9 Å². The lowest BCUT2D eigenvalue weighted by atomic mass is 9.59. The van der Waals surface area contributed by atoms with Gasteiger partial charge < -0.3 is 15.3 Å². The summed E-state index contributed by atoms with van der Waals surface area (Å²) in [4.78, 5) is 0. The topological polar surface area (TPSA) is 60.7 Å². The second-order valence-electron chi connectivity index (χ2n) is 10.6. The summed E-state index contributed by atoms with van der Waals surface area (Å²) in [5, 5.41) is 28.9. The van der Waals surface area contributed by atoms with Gasteiger partial charge in [0.05, 0.1) is 12.2 Å². The number of aliphatic hydroxyl groups is 3. The van der Waals surface area contributed by atoms with Gasteiger partial charge in [0.2, 0.25) is 0 Å². The monoisotopic (exact) mass is 496 g/mol. The average molecular weight is 497 g/mol. The molecule has 0 bridgehead atoms. The summed E-state index contributed by atoms with van der Waals surface area (Å²) in [6.45, 7) is 7.79. The molecule has 5 atom stereocenters. The van der Waals surface area contributed by atoms with E-state index >= 15 is 0 Å². The van der Waals surface area contributed by atoms with Crippen LogP contribution < -0.4 is 0 Å². The molecule has 194 valence electrons. The smallest absolute Gasteiger partial charge is 0.393 e. The number of rotatable bonds is 4. The summed E-state index contributed by atoms with van der Waals surface area (Å²) >= 11 is 0. The van der Waals surface area contributed by atoms with Crippen LogP contribution >= 0.6 is 0 Å². The van der Waals surface area contributed by atoms with Gasteiger partial charge in [0, 0.05) is 6.42 Å². The van der Waals surface area contributed by atoms with Crippen molar-refractivity contribution in [3.8, 4) is 11.8 Å². The fourth-order valence-corrected chi connectivity index (χ4v) is 5.27. The first-order valence-corrected chi connectivity index (χ1v) is 11.4. The molecular weight excluding hydrogens is 462 g/mol. The molecule has 0 aromatic carbocycles. The highest BCUT2D eigenvalue weighted by Gasteiger charge is 2.70. The van der Waals surface area contributed by atoms with Crippen LogP contribution in [0.25, 0.3) is 0 Å². The molecule has 3 nitrogen and oxygen atoms in total. The second kappa shape index (κ2) is 9.87. The maximum atomic E-state index is 12.9. The molecule has 0 amide bonds. The molecule has 0 aliphatic heterocycles. The van der Waals surface area contributed by atoms with Crippen molar-refractivity contribution in [1.29, 1.82) is 0 Å². The molecule has 2 saturated carbocycles. The summed E-state index contributed by atoms with van der Waals surface area (Å²) in [6.07, 6.45) is -4.55. The zero-order valence-electron chi connectivity index (χ0n) is 19.9. The molecule has 2 fully saturated rings. The van der Waals surface area contributed by atoms with Crippen LogP contribution in [0.1, 0.15) is 66.2 Å². The molecule has 0 aromatic rings. The van der Waals surface area contributed by atoms with Crippen molar-refractivity contribution in [1.82, 2.24) is 0 Å². The van der Waals surface area contributed by atoms with Gasteiger partial charge in [0.15, 0.2) is 0 Å². The largest absolute Gasteiger partial charge is 0.438 e. The van der Waals surface area contributed by atoms with E-state index < -0.39 is 35.6 Å². The lowest BCUT2D eigenvalue weighted by Gasteiger charge is -2.45. The summed E-state index contributed by atoms with van der Waals surface area (Å²) in [5.74, 6) is 2.83. The maximum absolute atomic E-state index is 12.9. The lowest BCUT2D eigenvalue weighted by Crippen LogP contribution is -2.55. The Morgan fingerprint density at radius 1 is 1.03 bits per heavy atom. The van der Waals surface area contributed by atoms with Gasteiger partial charge in [-0.3, -0.25) is 0 Å². The van der Waals surface area contributed by atoms with Crippen molar-refractivity contribution in [3.63, 3.8) is 0 Å². The minimum atomic E-state index is -5.95. The maximum Gasteiger partial charge on any atom is 0.438 e. The first kappa shape index (κ1) is 28.7. The summed E-state index contributed by atoms with van der Waals surface area (Å²) in [7, 11) is 0. The quantitative estimate of drug-likeness (QED) is 0.346. The highest BCUT2D eigenvalue weighted by atomic mass is 19.4. The van der Waals surface area contributed by atoms with Crippen molar-refractivity contribution in [3.05, 3.63) is 23.8 Å². The molecule has 34 heavy (non-hydrogen) atoms. The van der Waals surface area contributed by atoms with E-state index in [0.717, 1.165) is 17.9 Å². The zero-order valence-corrected chi connectivity index (χ0v) is 19.9. The number of alkyl halides is 6. The van der Waals surface area contributed by atoms with E-state index in [-0.39, 0.29) is 23.7 Å². The number of hydrogen-bond acceptors (Lipinski definition) is 3. The van der Waals surface area contributed by atoms with Gasteiger partial charge in [-0.1, -0.05) is 57.4 Å². The van der Waals surface area contributed by atoms with Crippen molar-refractivity contribution in [2.75, 3.05) is 0 Å². The average Bonchev–Trinajstić information content (AvgIpc) is 2.89. The Bertz CT molecular complexity index is 819. The van der Waals surface area contributed by atoms with Crippen LogP contribution in [0.4, 0.5) is 26.3 Å².